The standard InChI is InChI=1S/C8H10F6/c1-3-5(2)4-6(7(9,10)11)8(12,13)14/h4-5H,3H2,1-2H3. The molecule has 0 heterocycles. The molecule has 0 aromatic rings. The molecule has 0 N–H and O–H groups in total. The van der Waals surface area contributed by atoms with Gasteiger partial charge in [0.05, 0.1) is 0 Å². The molecular formula is C8H10F6. The third-order valence-electron chi connectivity index (χ3n) is 1.71. The summed E-state index contributed by atoms with van der Waals surface area (Å²) in [5.74, 6) is -0.742. The zero-order chi connectivity index (χ0) is 11.6. The van der Waals surface area contributed by atoms with Crippen molar-refractivity contribution >= 4 is 0 Å². The van der Waals surface area contributed by atoms with Crippen molar-refractivity contribution in [3.05, 3.63) is 11.6 Å². The molecule has 0 aliphatic rings. The van der Waals surface area contributed by atoms with Crippen LogP contribution in [0.15, 0.2) is 11.6 Å². The van der Waals surface area contributed by atoms with Crippen LogP contribution in [-0.4, -0.2) is 12.4 Å². The Hall–Kier alpha value is -0.680. The van der Waals surface area contributed by atoms with Crippen molar-refractivity contribution in [1.82, 2.24) is 0 Å². The fourth-order valence-electron chi connectivity index (χ4n) is 0.752. The molecule has 0 nitrogen and oxygen atoms in total. The molecule has 0 bridgehead atoms. The van der Waals surface area contributed by atoms with E-state index in [0.29, 0.717) is 0 Å². The first-order chi connectivity index (χ1) is 6.09. The molecule has 0 amide bonds. The average molecular weight is 220 g/mol. The highest BCUT2D eigenvalue weighted by Gasteiger charge is 2.50. The molecule has 0 spiro atoms. The maximum Gasteiger partial charge on any atom is 0.421 e. The second-order valence-electron chi connectivity index (χ2n) is 2.96. The van der Waals surface area contributed by atoms with Crippen LogP contribution in [0.2, 0.25) is 0 Å². The average Bonchev–Trinajstić information content (AvgIpc) is 1.95. The van der Waals surface area contributed by atoms with Crippen molar-refractivity contribution in [3.8, 4) is 0 Å². The lowest BCUT2D eigenvalue weighted by molar-refractivity contribution is -0.172. The van der Waals surface area contributed by atoms with Crippen molar-refractivity contribution in [2.24, 2.45) is 5.92 Å². The minimum atomic E-state index is -5.33. The van der Waals surface area contributed by atoms with Crippen molar-refractivity contribution in [2.75, 3.05) is 0 Å². The lowest BCUT2D eigenvalue weighted by Gasteiger charge is -2.16. The summed E-state index contributed by atoms with van der Waals surface area (Å²) in [4.78, 5) is 0. The van der Waals surface area contributed by atoms with Crippen LogP contribution in [-0.2, 0) is 0 Å². The van der Waals surface area contributed by atoms with Gasteiger partial charge in [-0.3, -0.25) is 0 Å². The molecule has 1 unspecified atom stereocenters. The highest BCUT2D eigenvalue weighted by Crippen LogP contribution is 2.39. The van der Waals surface area contributed by atoms with Crippen LogP contribution in [0, 0.1) is 5.92 Å². The van der Waals surface area contributed by atoms with Gasteiger partial charge in [0, 0.05) is 0 Å². The van der Waals surface area contributed by atoms with Gasteiger partial charge in [0.25, 0.3) is 0 Å². The number of hydrogen-bond donors (Lipinski definition) is 0. The minimum absolute atomic E-state index is 0.222. The quantitative estimate of drug-likeness (QED) is 0.485. The number of rotatable bonds is 2. The second kappa shape index (κ2) is 4.23. The molecule has 0 aliphatic heterocycles. The van der Waals surface area contributed by atoms with Gasteiger partial charge in [-0.15, -0.1) is 0 Å². The van der Waals surface area contributed by atoms with Gasteiger partial charge in [-0.25, -0.2) is 0 Å². The van der Waals surface area contributed by atoms with Gasteiger partial charge in [0.15, 0.2) is 0 Å². The molecule has 0 aliphatic carbocycles. The van der Waals surface area contributed by atoms with Gasteiger partial charge in [-0.2, -0.15) is 26.3 Å². The summed E-state index contributed by atoms with van der Waals surface area (Å²) in [5, 5.41) is 0. The Balaban J connectivity index is 5.03. The van der Waals surface area contributed by atoms with Crippen LogP contribution in [0.1, 0.15) is 20.3 Å². The van der Waals surface area contributed by atoms with Gasteiger partial charge in [-0.1, -0.05) is 26.3 Å². The van der Waals surface area contributed by atoms with Crippen LogP contribution >= 0.6 is 0 Å². The van der Waals surface area contributed by atoms with Crippen LogP contribution in [0.4, 0.5) is 26.3 Å². The van der Waals surface area contributed by atoms with E-state index in [-0.39, 0.29) is 12.5 Å². The van der Waals surface area contributed by atoms with E-state index in [0.717, 1.165) is 0 Å². The van der Waals surface area contributed by atoms with E-state index in [1.165, 1.54) is 13.8 Å². The van der Waals surface area contributed by atoms with Gasteiger partial charge < -0.3 is 0 Å². The SMILES string of the molecule is CCC(C)C=C(C(F)(F)F)C(F)(F)F. The smallest absolute Gasteiger partial charge is 0.166 e. The molecule has 0 rings (SSSR count). The predicted molar refractivity (Wildman–Crippen MR) is 39.6 cm³/mol. The molecular weight excluding hydrogens is 210 g/mol. The molecule has 14 heavy (non-hydrogen) atoms. The molecule has 0 aromatic carbocycles. The van der Waals surface area contributed by atoms with Crippen LogP contribution in [0.25, 0.3) is 0 Å². The lowest BCUT2D eigenvalue weighted by atomic mass is 10.0. The van der Waals surface area contributed by atoms with Crippen LogP contribution < -0.4 is 0 Å². The second-order valence-corrected chi connectivity index (χ2v) is 2.96. The summed E-state index contributed by atoms with van der Waals surface area (Å²) < 4.78 is 71.5. The maximum absolute atomic E-state index is 11.9. The summed E-state index contributed by atoms with van der Waals surface area (Å²) in [6, 6.07) is 0. The molecule has 1 atom stereocenters. The first-order valence-electron chi connectivity index (χ1n) is 3.95. The zero-order valence-electron chi connectivity index (χ0n) is 7.63. The lowest BCUT2D eigenvalue weighted by Crippen LogP contribution is -2.26. The number of alkyl halides is 6. The minimum Gasteiger partial charge on any atom is -0.166 e. The number of hydrogen-bond acceptors (Lipinski definition) is 0. The van der Waals surface area contributed by atoms with Crippen molar-refractivity contribution in [3.63, 3.8) is 0 Å². The van der Waals surface area contributed by atoms with Crippen molar-refractivity contribution in [2.45, 2.75) is 32.6 Å². The van der Waals surface area contributed by atoms with E-state index < -0.39 is 23.8 Å². The highest BCUT2D eigenvalue weighted by molar-refractivity contribution is 5.16. The normalized spacial score (nSPS) is 15.1. The monoisotopic (exact) mass is 220 g/mol. The van der Waals surface area contributed by atoms with Gasteiger partial charge in [-0.05, 0) is 5.92 Å². The summed E-state index contributed by atoms with van der Waals surface area (Å²) in [6.45, 7) is 2.82. The summed E-state index contributed by atoms with van der Waals surface area (Å²) >= 11 is 0. The summed E-state index contributed by atoms with van der Waals surface area (Å²) in [6.07, 6.45) is -10.2. The largest absolute Gasteiger partial charge is 0.421 e. The van der Waals surface area contributed by atoms with Crippen molar-refractivity contribution < 1.29 is 26.3 Å². The Kier molecular flexibility index (Phi) is 4.02. The topological polar surface area (TPSA) is 0 Å². The third-order valence-corrected chi connectivity index (χ3v) is 1.71. The molecule has 0 fully saturated rings. The first kappa shape index (κ1) is 13.3. The summed E-state index contributed by atoms with van der Waals surface area (Å²) in [7, 11) is 0. The Morgan fingerprint density at radius 1 is 1.07 bits per heavy atom. The fraction of sp³-hybridized carbons (Fsp3) is 0.750. The molecule has 6 heteroatoms. The molecule has 84 valence electrons. The fourth-order valence-corrected chi connectivity index (χ4v) is 0.752. The third kappa shape index (κ3) is 4.02. The summed E-state index contributed by atoms with van der Waals surface area (Å²) in [5.41, 5.74) is -2.42. The van der Waals surface area contributed by atoms with E-state index in [4.69, 9.17) is 0 Å². The zero-order valence-corrected chi connectivity index (χ0v) is 7.63. The molecule has 0 radical (unpaired) electrons. The molecule has 0 aromatic heterocycles. The Labute approximate surface area is 77.6 Å². The van der Waals surface area contributed by atoms with Crippen LogP contribution in [0.5, 0.6) is 0 Å². The Morgan fingerprint density at radius 3 is 1.64 bits per heavy atom. The highest BCUT2D eigenvalue weighted by atomic mass is 19.4. The van der Waals surface area contributed by atoms with E-state index in [1.807, 2.05) is 0 Å². The van der Waals surface area contributed by atoms with Gasteiger partial charge in [0.2, 0.25) is 0 Å². The number of allylic oxidation sites excluding steroid dienone is 2. The Bertz CT molecular complexity index is 193. The predicted octanol–water partition coefficient (Wildman–Crippen LogP) is 4.08. The Morgan fingerprint density at radius 2 is 1.43 bits per heavy atom. The van der Waals surface area contributed by atoms with Gasteiger partial charge >= 0.3 is 12.4 Å². The van der Waals surface area contributed by atoms with E-state index >= 15 is 0 Å². The van der Waals surface area contributed by atoms with E-state index in [1.54, 1.807) is 0 Å². The van der Waals surface area contributed by atoms with E-state index in [9.17, 15) is 26.3 Å². The maximum atomic E-state index is 11.9. The van der Waals surface area contributed by atoms with Crippen molar-refractivity contribution in [1.29, 1.82) is 0 Å². The van der Waals surface area contributed by atoms with E-state index in [2.05, 4.69) is 0 Å². The van der Waals surface area contributed by atoms with Crippen LogP contribution in [0.3, 0.4) is 0 Å². The molecule has 0 saturated heterocycles. The number of halogens is 6. The van der Waals surface area contributed by atoms with Gasteiger partial charge in [0.1, 0.15) is 5.57 Å². The first-order valence-corrected chi connectivity index (χ1v) is 3.95. The molecule has 0 saturated carbocycles.